The first-order chi connectivity index (χ1) is 12.5. The first kappa shape index (κ1) is 18.1. The number of piperazine rings is 1. The number of hydrogen-bond donors (Lipinski definition) is 1. The fourth-order valence-electron chi connectivity index (χ4n) is 2.76. The number of rotatable bonds is 3. The molecule has 1 aliphatic rings. The molecule has 138 valence electrons. The number of carbonyl (C=O) groups is 1. The Kier molecular flexibility index (Phi) is 5.32. The fourth-order valence-corrected chi connectivity index (χ4v) is 2.76. The number of pyridine rings is 1. The number of carbonyl (C=O) groups excluding carboxylic acids is 1. The van der Waals surface area contributed by atoms with Crippen LogP contribution in [0.3, 0.4) is 0 Å². The molecule has 0 aliphatic carbocycles. The van der Waals surface area contributed by atoms with Crippen LogP contribution in [0, 0.1) is 0 Å². The number of nitrogens with one attached hydrogen (secondary N) is 1. The van der Waals surface area contributed by atoms with Gasteiger partial charge in [0.1, 0.15) is 0 Å². The highest BCUT2D eigenvalue weighted by atomic mass is 16.7. The van der Waals surface area contributed by atoms with Gasteiger partial charge in [-0.05, 0) is 39.0 Å². The summed E-state index contributed by atoms with van der Waals surface area (Å²) in [7, 11) is 0. The molecule has 1 fully saturated rings. The molecule has 0 aromatic carbocycles. The van der Waals surface area contributed by atoms with Crippen molar-refractivity contribution in [1.82, 2.24) is 25.2 Å². The second-order valence-electron chi connectivity index (χ2n) is 7.04. The van der Waals surface area contributed by atoms with E-state index in [1.807, 2.05) is 39.0 Å². The Labute approximate surface area is 153 Å². The summed E-state index contributed by atoms with van der Waals surface area (Å²) in [5, 5.41) is 4.76. The largest absolute Gasteiger partial charge is 0.435 e. The van der Waals surface area contributed by atoms with Crippen molar-refractivity contribution in [2.45, 2.75) is 32.4 Å². The van der Waals surface area contributed by atoms with E-state index in [0.717, 1.165) is 5.69 Å². The summed E-state index contributed by atoms with van der Waals surface area (Å²) in [5.74, 6) is 0.345. The summed E-state index contributed by atoms with van der Waals surface area (Å²) in [5.41, 5.74) is 0.334. The highest BCUT2D eigenvalue weighted by Gasteiger charge is 2.34. The second-order valence-corrected chi connectivity index (χ2v) is 7.04. The van der Waals surface area contributed by atoms with Gasteiger partial charge in [-0.25, -0.2) is 14.8 Å². The van der Waals surface area contributed by atoms with Gasteiger partial charge in [-0.2, -0.15) is 5.06 Å². The standard InChI is InChI=1S/C18H24N6O2/c1-18(2,3)24(16-21-9-6-10-22-16)26-17(25)23-12-11-19-13-15(23)14-7-4-5-8-20-14/h4-10,15,19H,11-13H2,1-3H3. The molecule has 0 saturated carbocycles. The number of nitrogens with zero attached hydrogens (tertiary/aromatic N) is 5. The lowest BCUT2D eigenvalue weighted by molar-refractivity contribution is 0.0482. The fraction of sp³-hybridized carbons (Fsp3) is 0.444. The third-order valence-electron chi connectivity index (χ3n) is 4.02. The van der Waals surface area contributed by atoms with Crippen LogP contribution < -0.4 is 10.4 Å². The van der Waals surface area contributed by atoms with Gasteiger partial charge in [0.15, 0.2) is 0 Å². The average molecular weight is 356 g/mol. The van der Waals surface area contributed by atoms with Crippen molar-refractivity contribution in [3.8, 4) is 0 Å². The monoisotopic (exact) mass is 356 g/mol. The lowest BCUT2D eigenvalue weighted by Crippen LogP contribution is -2.52. The Morgan fingerprint density at radius 2 is 1.92 bits per heavy atom. The maximum atomic E-state index is 13.0. The van der Waals surface area contributed by atoms with E-state index in [1.54, 1.807) is 29.6 Å². The van der Waals surface area contributed by atoms with Gasteiger partial charge in [-0.1, -0.05) is 6.07 Å². The van der Waals surface area contributed by atoms with Crippen molar-refractivity contribution < 1.29 is 9.63 Å². The van der Waals surface area contributed by atoms with Crippen LogP contribution in [0.15, 0.2) is 42.9 Å². The number of anilines is 1. The van der Waals surface area contributed by atoms with Crippen molar-refractivity contribution in [1.29, 1.82) is 0 Å². The Bertz CT molecular complexity index is 719. The second kappa shape index (κ2) is 7.65. The van der Waals surface area contributed by atoms with Gasteiger partial charge < -0.3 is 10.2 Å². The predicted molar refractivity (Wildman–Crippen MR) is 97.3 cm³/mol. The van der Waals surface area contributed by atoms with E-state index >= 15 is 0 Å². The lowest BCUT2D eigenvalue weighted by Gasteiger charge is -2.38. The Balaban J connectivity index is 1.82. The minimum absolute atomic E-state index is 0.184. The molecule has 1 N–H and O–H groups in total. The van der Waals surface area contributed by atoms with Crippen LogP contribution in [0.1, 0.15) is 32.5 Å². The minimum atomic E-state index is -0.495. The molecule has 0 bridgehead atoms. The van der Waals surface area contributed by atoms with Gasteiger partial charge in [-0.3, -0.25) is 9.88 Å². The van der Waals surface area contributed by atoms with Crippen molar-refractivity contribution in [3.63, 3.8) is 0 Å². The van der Waals surface area contributed by atoms with E-state index in [1.165, 1.54) is 5.06 Å². The Morgan fingerprint density at radius 1 is 1.19 bits per heavy atom. The summed E-state index contributed by atoms with van der Waals surface area (Å²) in [6.07, 6.45) is 4.53. The molecule has 2 aromatic heterocycles. The Morgan fingerprint density at radius 3 is 2.58 bits per heavy atom. The summed E-state index contributed by atoms with van der Waals surface area (Å²) in [6, 6.07) is 7.23. The molecule has 8 heteroatoms. The van der Waals surface area contributed by atoms with Crippen molar-refractivity contribution >= 4 is 12.0 Å². The minimum Gasteiger partial charge on any atom is -0.318 e. The zero-order chi connectivity index (χ0) is 18.6. The molecule has 1 unspecified atom stereocenters. The van der Waals surface area contributed by atoms with Gasteiger partial charge in [0.25, 0.3) is 5.95 Å². The molecular formula is C18H24N6O2. The van der Waals surface area contributed by atoms with E-state index in [0.29, 0.717) is 25.6 Å². The molecule has 3 rings (SSSR count). The van der Waals surface area contributed by atoms with Gasteiger partial charge >= 0.3 is 6.09 Å². The number of hydroxylamine groups is 1. The smallest absolute Gasteiger partial charge is 0.318 e. The molecule has 0 spiro atoms. The number of amides is 1. The van der Waals surface area contributed by atoms with E-state index in [2.05, 4.69) is 20.3 Å². The third-order valence-corrected chi connectivity index (χ3v) is 4.02. The summed E-state index contributed by atoms with van der Waals surface area (Å²) >= 11 is 0. The molecule has 1 aliphatic heterocycles. The van der Waals surface area contributed by atoms with Gasteiger partial charge in [-0.15, -0.1) is 0 Å². The number of hydrogen-bond acceptors (Lipinski definition) is 7. The first-order valence-electron chi connectivity index (χ1n) is 8.64. The van der Waals surface area contributed by atoms with Crippen LogP contribution in [0.4, 0.5) is 10.7 Å². The summed E-state index contributed by atoms with van der Waals surface area (Å²) in [4.78, 5) is 33.2. The van der Waals surface area contributed by atoms with E-state index < -0.39 is 11.6 Å². The summed E-state index contributed by atoms with van der Waals surface area (Å²) < 4.78 is 0. The molecule has 0 radical (unpaired) electrons. The Hall–Kier alpha value is -2.74. The zero-order valence-electron chi connectivity index (χ0n) is 15.3. The summed E-state index contributed by atoms with van der Waals surface area (Å²) in [6.45, 7) is 7.67. The van der Waals surface area contributed by atoms with Crippen LogP contribution in [-0.4, -0.2) is 51.1 Å². The molecule has 1 amide bonds. The molecule has 8 nitrogen and oxygen atoms in total. The van der Waals surface area contributed by atoms with Crippen LogP contribution in [0.25, 0.3) is 0 Å². The molecule has 1 atom stereocenters. The van der Waals surface area contributed by atoms with E-state index in [-0.39, 0.29) is 6.04 Å². The van der Waals surface area contributed by atoms with Gasteiger partial charge in [0.05, 0.1) is 17.3 Å². The van der Waals surface area contributed by atoms with Crippen molar-refractivity contribution in [3.05, 3.63) is 48.5 Å². The third kappa shape index (κ3) is 4.08. The molecule has 2 aromatic rings. The topological polar surface area (TPSA) is 83.5 Å². The normalized spacial score (nSPS) is 17.7. The van der Waals surface area contributed by atoms with E-state index in [9.17, 15) is 4.79 Å². The predicted octanol–water partition coefficient (Wildman–Crippen LogP) is 2.17. The maximum Gasteiger partial charge on any atom is 0.435 e. The van der Waals surface area contributed by atoms with Gasteiger partial charge in [0.2, 0.25) is 0 Å². The van der Waals surface area contributed by atoms with Gasteiger partial charge in [0, 0.05) is 38.2 Å². The maximum absolute atomic E-state index is 13.0. The molecule has 1 saturated heterocycles. The van der Waals surface area contributed by atoms with Crippen molar-refractivity contribution in [2.24, 2.45) is 0 Å². The zero-order valence-corrected chi connectivity index (χ0v) is 15.3. The van der Waals surface area contributed by atoms with Crippen LogP contribution in [-0.2, 0) is 4.84 Å². The lowest BCUT2D eigenvalue weighted by atomic mass is 10.1. The average Bonchev–Trinajstić information content (AvgIpc) is 2.66. The quantitative estimate of drug-likeness (QED) is 0.844. The molecule has 26 heavy (non-hydrogen) atoms. The number of aromatic nitrogens is 3. The van der Waals surface area contributed by atoms with Crippen molar-refractivity contribution in [2.75, 3.05) is 24.7 Å². The van der Waals surface area contributed by atoms with E-state index in [4.69, 9.17) is 4.84 Å². The highest BCUT2D eigenvalue weighted by molar-refractivity contribution is 5.69. The molecule has 3 heterocycles. The SMILES string of the molecule is CC(C)(C)N(OC(=O)N1CCNCC1c1ccccn1)c1ncccn1. The molecular weight excluding hydrogens is 332 g/mol. The highest BCUT2D eigenvalue weighted by Crippen LogP contribution is 2.25. The van der Waals surface area contributed by atoms with Crippen LogP contribution >= 0.6 is 0 Å². The first-order valence-corrected chi connectivity index (χ1v) is 8.64. The van der Waals surface area contributed by atoms with Crippen LogP contribution in [0.2, 0.25) is 0 Å². The van der Waals surface area contributed by atoms with Crippen LogP contribution in [0.5, 0.6) is 0 Å².